The van der Waals surface area contributed by atoms with E-state index in [0.717, 1.165) is 43.7 Å². The number of para-hydroxylation sites is 2. The van der Waals surface area contributed by atoms with Gasteiger partial charge in [0.15, 0.2) is 6.61 Å². The topological polar surface area (TPSA) is 92.0 Å². The fourth-order valence-electron chi connectivity index (χ4n) is 4.62. The van der Waals surface area contributed by atoms with Gasteiger partial charge in [-0.05, 0) is 32.0 Å². The van der Waals surface area contributed by atoms with E-state index in [0.29, 0.717) is 43.5 Å². The highest BCUT2D eigenvalue weighted by atomic mass is 16.5. The van der Waals surface area contributed by atoms with Gasteiger partial charge in [-0.15, -0.1) is 0 Å². The Hall–Kier alpha value is -3.72. The second-order valence-electron chi connectivity index (χ2n) is 9.26. The van der Waals surface area contributed by atoms with Gasteiger partial charge in [0.1, 0.15) is 5.75 Å². The monoisotopic (exact) mass is 489 g/mol. The third kappa shape index (κ3) is 5.57. The summed E-state index contributed by atoms with van der Waals surface area (Å²) in [6.07, 6.45) is 1.95. The van der Waals surface area contributed by atoms with E-state index in [1.54, 1.807) is 4.90 Å². The third-order valence-corrected chi connectivity index (χ3v) is 6.73. The van der Waals surface area contributed by atoms with E-state index in [1.807, 2.05) is 60.4 Å². The molecule has 0 bridgehead atoms. The predicted octanol–water partition coefficient (Wildman–Crippen LogP) is 2.94. The molecule has 0 atom stereocenters. The van der Waals surface area contributed by atoms with Crippen molar-refractivity contribution in [3.8, 4) is 17.1 Å². The number of nitrogens with zero attached hydrogens (tertiary/aromatic N) is 5. The van der Waals surface area contributed by atoms with Crippen molar-refractivity contribution in [2.45, 2.75) is 26.2 Å². The minimum absolute atomic E-state index is 0.0146. The molecule has 1 aromatic heterocycles. The summed E-state index contributed by atoms with van der Waals surface area (Å²) in [6.45, 7) is 6.42. The van der Waals surface area contributed by atoms with Crippen LogP contribution in [0.2, 0.25) is 0 Å². The predicted molar refractivity (Wildman–Crippen MR) is 135 cm³/mol. The normalized spacial score (nSPS) is 16.1. The lowest BCUT2D eigenvalue weighted by atomic mass is 10.1. The first-order chi connectivity index (χ1) is 17.6. The number of benzene rings is 2. The Morgan fingerprint density at radius 1 is 1.00 bits per heavy atom. The number of hydrogen-bond acceptors (Lipinski definition) is 7. The number of aromatic nitrogens is 2. The second-order valence-corrected chi connectivity index (χ2v) is 9.26. The van der Waals surface area contributed by atoms with Crippen molar-refractivity contribution in [2.75, 3.05) is 50.8 Å². The van der Waals surface area contributed by atoms with Gasteiger partial charge in [-0.3, -0.25) is 14.5 Å². The maximum Gasteiger partial charge on any atom is 0.265 e. The molecule has 9 nitrogen and oxygen atoms in total. The molecule has 1 fully saturated rings. The highest BCUT2D eigenvalue weighted by molar-refractivity contribution is 5.98. The molecule has 3 heterocycles. The Morgan fingerprint density at radius 2 is 1.78 bits per heavy atom. The molecule has 2 aliphatic rings. The molecule has 0 N–H and O–H groups in total. The lowest BCUT2D eigenvalue weighted by Crippen LogP contribution is -2.49. The summed E-state index contributed by atoms with van der Waals surface area (Å²) in [5, 5.41) is 4.10. The SMILES string of the molecule is Cc1ccc(-c2noc(CCCN3CCN(C(=O)CCN4C(=O)COc5ccccc54)CC3)n2)cc1. The third-order valence-electron chi connectivity index (χ3n) is 6.73. The fraction of sp³-hybridized carbons (Fsp3) is 0.407. The van der Waals surface area contributed by atoms with Crippen molar-refractivity contribution in [3.05, 3.63) is 60.0 Å². The molecule has 5 rings (SSSR count). The van der Waals surface area contributed by atoms with Crippen LogP contribution < -0.4 is 9.64 Å². The molecule has 2 aliphatic heterocycles. The Kier molecular flexibility index (Phi) is 7.27. The molecule has 2 aromatic carbocycles. The summed E-state index contributed by atoms with van der Waals surface area (Å²) in [7, 11) is 0. The van der Waals surface area contributed by atoms with Crippen LogP contribution in [0.15, 0.2) is 53.1 Å². The van der Waals surface area contributed by atoms with Crippen LogP contribution in [0.4, 0.5) is 5.69 Å². The van der Waals surface area contributed by atoms with Crippen LogP contribution in [0, 0.1) is 6.92 Å². The van der Waals surface area contributed by atoms with Crippen LogP contribution in [0.25, 0.3) is 11.4 Å². The van der Waals surface area contributed by atoms with Crippen molar-refractivity contribution >= 4 is 17.5 Å². The number of anilines is 1. The van der Waals surface area contributed by atoms with E-state index in [2.05, 4.69) is 15.0 Å². The Bertz CT molecular complexity index is 1200. The number of fused-ring (bicyclic) bond motifs is 1. The lowest BCUT2D eigenvalue weighted by Gasteiger charge is -2.35. The van der Waals surface area contributed by atoms with Gasteiger partial charge in [-0.2, -0.15) is 4.98 Å². The molecule has 0 unspecified atom stereocenters. The van der Waals surface area contributed by atoms with Crippen LogP contribution in [0.5, 0.6) is 5.75 Å². The fourth-order valence-corrected chi connectivity index (χ4v) is 4.62. The maximum atomic E-state index is 12.8. The molecular weight excluding hydrogens is 458 g/mol. The number of carbonyl (C=O) groups excluding carboxylic acids is 2. The molecule has 3 aromatic rings. The van der Waals surface area contributed by atoms with E-state index < -0.39 is 0 Å². The van der Waals surface area contributed by atoms with Gasteiger partial charge >= 0.3 is 0 Å². The summed E-state index contributed by atoms with van der Waals surface area (Å²) >= 11 is 0. The maximum absolute atomic E-state index is 12.8. The smallest absolute Gasteiger partial charge is 0.265 e. The average Bonchev–Trinajstić information content (AvgIpc) is 3.37. The van der Waals surface area contributed by atoms with Crippen molar-refractivity contribution < 1.29 is 18.8 Å². The van der Waals surface area contributed by atoms with Gasteiger partial charge in [0.25, 0.3) is 5.91 Å². The largest absolute Gasteiger partial charge is 0.482 e. The quantitative estimate of drug-likeness (QED) is 0.480. The average molecular weight is 490 g/mol. The summed E-state index contributed by atoms with van der Waals surface area (Å²) in [4.78, 5) is 35.6. The minimum Gasteiger partial charge on any atom is -0.482 e. The number of rotatable bonds is 8. The van der Waals surface area contributed by atoms with Crippen molar-refractivity contribution in [1.82, 2.24) is 19.9 Å². The number of piperazine rings is 1. The standard InChI is InChI=1S/C27H31N5O4/c1-20-8-10-21(11-9-20)27-28-24(36-29-27)7-4-13-30-15-17-31(18-16-30)25(33)12-14-32-22-5-2-3-6-23(22)35-19-26(32)34/h2-3,5-6,8-11H,4,7,12-19H2,1H3. The van der Waals surface area contributed by atoms with Crippen molar-refractivity contribution in [1.29, 1.82) is 0 Å². The Morgan fingerprint density at radius 3 is 2.58 bits per heavy atom. The van der Waals surface area contributed by atoms with E-state index in [-0.39, 0.29) is 18.4 Å². The molecule has 0 aliphatic carbocycles. The number of amides is 2. The van der Waals surface area contributed by atoms with Gasteiger partial charge < -0.3 is 19.1 Å². The first kappa shape index (κ1) is 24.0. The van der Waals surface area contributed by atoms with E-state index >= 15 is 0 Å². The van der Waals surface area contributed by atoms with Gasteiger partial charge in [0, 0.05) is 51.1 Å². The molecule has 1 saturated heterocycles. The minimum atomic E-state index is -0.112. The number of hydrogen-bond donors (Lipinski definition) is 0. The second kappa shape index (κ2) is 10.9. The zero-order valence-corrected chi connectivity index (χ0v) is 20.6. The highest BCUT2D eigenvalue weighted by Crippen LogP contribution is 2.31. The number of ether oxygens (including phenoxy) is 1. The first-order valence-corrected chi connectivity index (χ1v) is 12.5. The molecule has 0 radical (unpaired) electrons. The lowest BCUT2D eigenvalue weighted by molar-refractivity contribution is -0.132. The molecular formula is C27H31N5O4. The summed E-state index contributed by atoms with van der Waals surface area (Å²) in [5.41, 5.74) is 2.89. The van der Waals surface area contributed by atoms with Crippen LogP contribution in [-0.2, 0) is 16.0 Å². The van der Waals surface area contributed by atoms with Crippen LogP contribution >= 0.6 is 0 Å². The Balaban J connectivity index is 1.03. The Labute approximate surface area is 210 Å². The molecule has 2 amide bonds. The number of aryl methyl sites for hydroxylation is 2. The van der Waals surface area contributed by atoms with Crippen LogP contribution in [0.3, 0.4) is 0 Å². The zero-order valence-electron chi connectivity index (χ0n) is 20.6. The molecule has 0 saturated carbocycles. The first-order valence-electron chi connectivity index (χ1n) is 12.5. The summed E-state index contributed by atoms with van der Waals surface area (Å²) in [5.74, 6) is 1.93. The summed E-state index contributed by atoms with van der Waals surface area (Å²) < 4.78 is 10.9. The van der Waals surface area contributed by atoms with E-state index in [9.17, 15) is 9.59 Å². The zero-order chi connectivity index (χ0) is 24.9. The van der Waals surface area contributed by atoms with Gasteiger partial charge in [-0.25, -0.2) is 0 Å². The van der Waals surface area contributed by atoms with E-state index in [4.69, 9.17) is 9.26 Å². The van der Waals surface area contributed by atoms with Gasteiger partial charge in [0.05, 0.1) is 5.69 Å². The summed E-state index contributed by atoms with van der Waals surface area (Å²) in [6, 6.07) is 15.5. The molecule has 9 heteroatoms. The molecule has 36 heavy (non-hydrogen) atoms. The highest BCUT2D eigenvalue weighted by Gasteiger charge is 2.27. The van der Waals surface area contributed by atoms with Crippen molar-refractivity contribution in [3.63, 3.8) is 0 Å². The van der Waals surface area contributed by atoms with Crippen LogP contribution in [-0.4, -0.2) is 77.6 Å². The molecule has 0 spiro atoms. The molecule has 188 valence electrons. The van der Waals surface area contributed by atoms with Gasteiger partial charge in [-0.1, -0.05) is 47.1 Å². The van der Waals surface area contributed by atoms with Gasteiger partial charge in [0.2, 0.25) is 17.6 Å². The van der Waals surface area contributed by atoms with Crippen molar-refractivity contribution in [2.24, 2.45) is 0 Å². The van der Waals surface area contributed by atoms with Crippen LogP contribution in [0.1, 0.15) is 24.3 Å². The number of carbonyl (C=O) groups is 2. The van der Waals surface area contributed by atoms with E-state index in [1.165, 1.54) is 5.56 Å².